The van der Waals surface area contributed by atoms with E-state index in [9.17, 15) is 0 Å². The van der Waals surface area contributed by atoms with Crippen molar-refractivity contribution in [3.63, 3.8) is 0 Å². The SMILES string of the molecule is CC(N)(c1nn2c(C3CCCO3)nnc2s1)C1CC1. The maximum atomic E-state index is 6.43. The first kappa shape index (κ1) is 11.7. The number of hydrogen-bond acceptors (Lipinski definition) is 6. The van der Waals surface area contributed by atoms with Crippen LogP contribution in [-0.2, 0) is 10.3 Å². The maximum Gasteiger partial charge on any atom is 0.234 e. The summed E-state index contributed by atoms with van der Waals surface area (Å²) >= 11 is 1.55. The second-order valence-corrected chi connectivity index (χ2v) is 6.67. The van der Waals surface area contributed by atoms with Crippen molar-refractivity contribution in [3.8, 4) is 0 Å². The Balaban J connectivity index is 1.75. The summed E-state index contributed by atoms with van der Waals surface area (Å²) in [5, 5.41) is 14.0. The molecule has 102 valence electrons. The molecule has 2 atom stereocenters. The summed E-state index contributed by atoms with van der Waals surface area (Å²) in [6, 6.07) is 0. The van der Waals surface area contributed by atoms with Gasteiger partial charge in [-0.25, -0.2) is 0 Å². The zero-order valence-corrected chi connectivity index (χ0v) is 11.7. The summed E-state index contributed by atoms with van der Waals surface area (Å²) in [5.74, 6) is 1.38. The third-order valence-electron chi connectivity index (χ3n) is 4.12. The van der Waals surface area contributed by atoms with Crippen molar-refractivity contribution >= 4 is 16.3 Å². The van der Waals surface area contributed by atoms with Gasteiger partial charge in [-0.15, -0.1) is 10.2 Å². The van der Waals surface area contributed by atoms with E-state index >= 15 is 0 Å². The van der Waals surface area contributed by atoms with Crippen LogP contribution in [0.5, 0.6) is 0 Å². The molecule has 1 saturated heterocycles. The van der Waals surface area contributed by atoms with Crippen LogP contribution in [0.4, 0.5) is 0 Å². The summed E-state index contributed by atoms with van der Waals surface area (Å²) in [7, 11) is 0. The number of nitrogens with zero attached hydrogens (tertiary/aromatic N) is 4. The number of rotatable bonds is 3. The molecular formula is C12H17N5OS. The molecule has 2 unspecified atom stereocenters. The minimum atomic E-state index is -0.334. The highest BCUT2D eigenvalue weighted by Gasteiger charge is 2.42. The van der Waals surface area contributed by atoms with Gasteiger partial charge in [-0.3, -0.25) is 0 Å². The molecule has 1 aliphatic carbocycles. The molecule has 0 spiro atoms. The lowest BCUT2D eigenvalue weighted by molar-refractivity contribution is 0.103. The molecule has 2 N–H and O–H groups in total. The summed E-state index contributed by atoms with van der Waals surface area (Å²) in [6.07, 6.45) is 4.51. The van der Waals surface area contributed by atoms with Gasteiger partial charge in [-0.05, 0) is 38.5 Å². The highest BCUT2D eigenvalue weighted by atomic mass is 32.1. The molecule has 0 amide bonds. The van der Waals surface area contributed by atoms with Crippen molar-refractivity contribution < 1.29 is 4.74 Å². The van der Waals surface area contributed by atoms with E-state index in [0.717, 1.165) is 35.2 Å². The zero-order valence-electron chi connectivity index (χ0n) is 10.9. The van der Waals surface area contributed by atoms with Crippen LogP contribution in [0.25, 0.3) is 4.96 Å². The third kappa shape index (κ3) is 1.79. The molecule has 1 saturated carbocycles. The molecule has 1 aliphatic heterocycles. The van der Waals surface area contributed by atoms with Gasteiger partial charge in [0.05, 0.1) is 5.54 Å². The number of aromatic nitrogens is 4. The molecule has 4 rings (SSSR count). The van der Waals surface area contributed by atoms with E-state index < -0.39 is 0 Å². The Morgan fingerprint density at radius 2 is 2.21 bits per heavy atom. The van der Waals surface area contributed by atoms with E-state index in [1.165, 1.54) is 12.8 Å². The van der Waals surface area contributed by atoms with Crippen LogP contribution in [0.2, 0.25) is 0 Å². The molecule has 3 heterocycles. The Kier molecular flexibility index (Phi) is 2.46. The van der Waals surface area contributed by atoms with Gasteiger partial charge < -0.3 is 10.5 Å². The Morgan fingerprint density at radius 3 is 2.89 bits per heavy atom. The van der Waals surface area contributed by atoms with Gasteiger partial charge in [-0.1, -0.05) is 11.3 Å². The quantitative estimate of drug-likeness (QED) is 0.923. The van der Waals surface area contributed by atoms with Crippen LogP contribution in [-0.4, -0.2) is 26.4 Å². The van der Waals surface area contributed by atoms with Crippen LogP contribution in [0.15, 0.2) is 0 Å². The molecule has 7 heteroatoms. The minimum Gasteiger partial charge on any atom is -0.370 e. The van der Waals surface area contributed by atoms with Crippen LogP contribution in [0.3, 0.4) is 0 Å². The first-order chi connectivity index (χ1) is 9.16. The normalized spacial score (nSPS) is 26.9. The van der Waals surface area contributed by atoms with Crippen molar-refractivity contribution in [1.29, 1.82) is 0 Å². The molecular weight excluding hydrogens is 262 g/mol. The van der Waals surface area contributed by atoms with Gasteiger partial charge in [0.15, 0.2) is 5.82 Å². The van der Waals surface area contributed by atoms with Gasteiger partial charge in [-0.2, -0.15) is 9.61 Å². The van der Waals surface area contributed by atoms with Crippen LogP contribution < -0.4 is 5.73 Å². The van der Waals surface area contributed by atoms with E-state index in [2.05, 4.69) is 22.2 Å². The lowest BCUT2D eigenvalue weighted by Crippen LogP contribution is -2.35. The fraction of sp³-hybridized carbons (Fsp3) is 0.750. The Bertz CT molecular complexity index is 609. The lowest BCUT2D eigenvalue weighted by atomic mass is 9.99. The molecule has 0 radical (unpaired) electrons. The van der Waals surface area contributed by atoms with Crippen LogP contribution >= 0.6 is 11.3 Å². The maximum absolute atomic E-state index is 6.43. The summed E-state index contributed by atoms with van der Waals surface area (Å²) in [5.41, 5.74) is 6.09. The van der Waals surface area contributed by atoms with E-state index in [1.54, 1.807) is 11.3 Å². The number of ether oxygens (including phenoxy) is 1. The lowest BCUT2D eigenvalue weighted by Gasteiger charge is -2.20. The van der Waals surface area contributed by atoms with Gasteiger partial charge in [0.1, 0.15) is 11.1 Å². The van der Waals surface area contributed by atoms with Gasteiger partial charge in [0, 0.05) is 6.61 Å². The molecule has 2 aromatic rings. The second-order valence-electron chi connectivity index (χ2n) is 5.72. The van der Waals surface area contributed by atoms with Crippen molar-refractivity contribution in [2.45, 2.75) is 44.2 Å². The van der Waals surface area contributed by atoms with E-state index in [-0.39, 0.29) is 11.6 Å². The van der Waals surface area contributed by atoms with Crippen LogP contribution in [0.1, 0.15) is 49.5 Å². The molecule has 0 bridgehead atoms. The van der Waals surface area contributed by atoms with Gasteiger partial charge >= 0.3 is 0 Å². The predicted molar refractivity (Wildman–Crippen MR) is 70.8 cm³/mol. The molecule has 2 fully saturated rings. The Hall–Kier alpha value is -1.05. The first-order valence-corrected chi connectivity index (χ1v) is 7.61. The number of hydrogen-bond donors (Lipinski definition) is 1. The third-order valence-corrected chi connectivity index (χ3v) is 5.27. The summed E-state index contributed by atoms with van der Waals surface area (Å²) in [4.78, 5) is 0.817. The second kappa shape index (κ2) is 3.97. The fourth-order valence-electron chi connectivity index (χ4n) is 2.69. The van der Waals surface area contributed by atoms with Gasteiger partial charge in [0.25, 0.3) is 0 Å². The predicted octanol–water partition coefficient (Wildman–Crippen LogP) is 1.62. The largest absolute Gasteiger partial charge is 0.370 e. The monoisotopic (exact) mass is 279 g/mol. The molecule has 19 heavy (non-hydrogen) atoms. The Morgan fingerprint density at radius 1 is 1.37 bits per heavy atom. The van der Waals surface area contributed by atoms with Crippen molar-refractivity contribution in [3.05, 3.63) is 10.8 Å². The van der Waals surface area contributed by atoms with E-state index in [0.29, 0.717) is 5.92 Å². The summed E-state index contributed by atoms with van der Waals surface area (Å²) < 4.78 is 7.49. The minimum absolute atomic E-state index is 0.0369. The molecule has 2 aromatic heterocycles. The topological polar surface area (TPSA) is 78.3 Å². The van der Waals surface area contributed by atoms with Crippen molar-refractivity contribution in [2.75, 3.05) is 6.61 Å². The van der Waals surface area contributed by atoms with Crippen molar-refractivity contribution in [2.24, 2.45) is 11.7 Å². The molecule has 0 aromatic carbocycles. The summed E-state index contributed by atoms with van der Waals surface area (Å²) in [6.45, 7) is 2.87. The zero-order chi connectivity index (χ0) is 13.0. The average molecular weight is 279 g/mol. The number of fused-ring (bicyclic) bond motifs is 1. The Labute approximate surface area is 115 Å². The number of nitrogens with two attached hydrogens (primary N) is 1. The van der Waals surface area contributed by atoms with Crippen molar-refractivity contribution in [1.82, 2.24) is 19.8 Å². The smallest absolute Gasteiger partial charge is 0.234 e. The molecule has 6 nitrogen and oxygen atoms in total. The van der Waals surface area contributed by atoms with Gasteiger partial charge in [0.2, 0.25) is 4.96 Å². The van der Waals surface area contributed by atoms with E-state index in [4.69, 9.17) is 10.5 Å². The fourth-order valence-corrected chi connectivity index (χ4v) is 3.67. The highest BCUT2D eigenvalue weighted by molar-refractivity contribution is 7.16. The standard InChI is InChI=1S/C12H17N5OS/c1-12(13,7-4-5-7)10-16-17-9(8-3-2-6-18-8)14-15-11(17)19-10/h7-8H,2-6,13H2,1H3. The molecule has 2 aliphatic rings. The van der Waals surface area contributed by atoms with E-state index in [1.807, 2.05) is 4.52 Å². The first-order valence-electron chi connectivity index (χ1n) is 6.79. The highest BCUT2D eigenvalue weighted by Crippen LogP contribution is 2.44. The average Bonchev–Trinajstić information content (AvgIpc) is 2.82. The van der Waals surface area contributed by atoms with Crippen LogP contribution in [0, 0.1) is 5.92 Å².